The van der Waals surface area contributed by atoms with Crippen LogP contribution in [-0.4, -0.2) is 25.7 Å². The van der Waals surface area contributed by atoms with Crippen LogP contribution in [0.25, 0.3) is 0 Å². The van der Waals surface area contributed by atoms with Crippen molar-refractivity contribution in [3.63, 3.8) is 0 Å². The molecule has 20 heavy (non-hydrogen) atoms. The van der Waals surface area contributed by atoms with E-state index in [1.165, 1.54) is 12.1 Å². The first-order chi connectivity index (χ1) is 9.08. The Kier molecular flexibility index (Phi) is 10.1. The topological polar surface area (TPSA) is 59.6 Å². The first kappa shape index (κ1) is 18.9. The van der Waals surface area contributed by atoms with E-state index in [-0.39, 0.29) is 29.8 Å². The molecule has 0 fully saturated rings. The molecule has 1 rings (SSSR count). The molecule has 0 radical (unpaired) electrons. The fraction of sp³-hybridized carbons (Fsp3) is 0.500. The van der Waals surface area contributed by atoms with Crippen LogP contribution in [0, 0.1) is 11.7 Å². The zero-order valence-electron chi connectivity index (χ0n) is 11.9. The molecular formula is C14H23FIN3O. The maximum Gasteiger partial charge on any atom is 0.188 e. The van der Waals surface area contributed by atoms with Gasteiger partial charge in [-0.1, -0.05) is 19.9 Å². The average Bonchev–Trinajstić information content (AvgIpc) is 2.34. The molecule has 0 heterocycles. The normalized spacial score (nSPS) is 11.1. The van der Waals surface area contributed by atoms with E-state index in [0.717, 1.165) is 13.0 Å². The van der Waals surface area contributed by atoms with E-state index in [2.05, 4.69) is 24.2 Å². The van der Waals surface area contributed by atoms with Crippen LogP contribution >= 0.6 is 24.0 Å². The second-order valence-corrected chi connectivity index (χ2v) is 4.68. The van der Waals surface area contributed by atoms with Crippen molar-refractivity contribution in [2.75, 3.05) is 19.7 Å². The number of rotatable bonds is 7. The zero-order chi connectivity index (χ0) is 14.1. The first-order valence-electron chi connectivity index (χ1n) is 6.50. The third-order valence-corrected chi connectivity index (χ3v) is 2.46. The van der Waals surface area contributed by atoms with Crippen LogP contribution in [0.3, 0.4) is 0 Å². The number of nitrogens with two attached hydrogens (primary N) is 1. The highest BCUT2D eigenvalue weighted by atomic mass is 127. The van der Waals surface area contributed by atoms with Gasteiger partial charge in [-0.05, 0) is 24.5 Å². The number of guanidine groups is 1. The van der Waals surface area contributed by atoms with Gasteiger partial charge >= 0.3 is 0 Å². The second-order valence-electron chi connectivity index (χ2n) is 4.68. The molecule has 0 aliphatic carbocycles. The predicted molar refractivity (Wildman–Crippen MR) is 91.3 cm³/mol. The summed E-state index contributed by atoms with van der Waals surface area (Å²) in [4.78, 5) is 4.19. The van der Waals surface area contributed by atoms with Crippen molar-refractivity contribution < 1.29 is 9.13 Å². The van der Waals surface area contributed by atoms with Crippen molar-refractivity contribution in [1.82, 2.24) is 5.32 Å². The summed E-state index contributed by atoms with van der Waals surface area (Å²) in [6.45, 7) is 5.95. The number of hydrogen-bond acceptors (Lipinski definition) is 2. The molecule has 0 bridgehead atoms. The summed E-state index contributed by atoms with van der Waals surface area (Å²) in [5, 5.41) is 2.95. The molecule has 0 unspecified atom stereocenters. The third kappa shape index (κ3) is 8.95. The minimum Gasteiger partial charge on any atom is -0.492 e. The predicted octanol–water partition coefficient (Wildman–Crippen LogP) is 2.77. The first-order valence-corrected chi connectivity index (χ1v) is 6.50. The van der Waals surface area contributed by atoms with Crippen molar-refractivity contribution >= 4 is 29.9 Å². The summed E-state index contributed by atoms with van der Waals surface area (Å²) in [5.41, 5.74) is 5.69. The number of halogens is 2. The second kappa shape index (κ2) is 10.7. The molecule has 0 aliphatic heterocycles. The van der Waals surface area contributed by atoms with Gasteiger partial charge in [-0.2, -0.15) is 0 Å². The van der Waals surface area contributed by atoms with Crippen LogP contribution in [0.1, 0.15) is 20.3 Å². The lowest BCUT2D eigenvalue weighted by Crippen LogP contribution is -2.34. The zero-order valence-corrected chi connectivity index (χ0v) is 14.3. The molecule has 4 nitrogen and oxygen atoms in total. The van der Waals surface area contributed by atoms with E-state index < -0.39 is 0 Å². The molecule has 3 N–H and O–H groups in total. The molecule has 0 amide bonds. The maximum atomic E-state index is 12.9. The Morgan fingerprint density at radius 1 is 1.45 bits per heavy atom. The Morgan fingerprint density at radius 2 is 2.20 bits per heavy atom. The molecule has 0 aliphatic rings. The largest absolute Gasteiger partial charge is 0.492 e. The van der Waals surface area contributed by atoms with Gasteiger partial charge < -0.3 is 15.8 Å². The molecular weight excluding hydrogens is 372 g/mol. The number of aliphatic imine (C=N–C) groups is 1. The van der Waals surface area contributed by atoms with Gasteiger partial charge in [0, 0.05) is 12.6 Å². The van der Waals surface area contributed by atoms with Gasteiger partial charge in [0.15, 0.2) is 5.96 Å². The van der Waals surface area contributed by atoms with E-state index >= 15 is 0 Å². The molecule has 0 saturated carbocycles. The highest BCUT2D eigenvalue weighted by molar-refractivity contribution is 14.0. The molecule has 0 saturated heterocycles. The quantitative estimate of drug-likeness (QED) is 0.323. The van der Waals surface area contributed by atoms with E-state index in [1.807, 2.05) is 0 Å². The molecule has 1 aromatic carbocycles. The van der Waals surface area contributed by atoms with Crippen molar-refractivity contribution in [2.24, 2.45) is 16.6 Å². The molecule has 0 atom stereocenters. The molecule has 6 heteroatoms. The standard InChI is InChI=1S/C14H22FN3O.HI/c1-11(2)6-7-17-14(16)18-8-9-19-13-5-3-4-12(15)10-13;/h3-5,10-11H,6-9H2,1-2H3,(H3,16,17,18);1H. The molecule has 0 aromatic heterocycles. The summed E-state index contributed by atoms with van der Waals surface area (Å²) >= 11 is 0. The Labute approximate surface area is 137 Å². The van der Waals surface area contributed by atoms with E-state index in [1.54, 1.807) is 12.1 Å². The summed E-state index contributed by atoms with van der Waals surface area (Å²) in [5.74, 6) is 1.24. The number of nitrogens with one attached hydrogen (secondary N) is 1. The summed E-state index contributed by atoms with van der Waals surface area (Å²) in [6, 6.07) is 6.05. The summed E-state index contributed by atoms with van der Waals surface area (Å²) in [6.07, 6.45) is 1.02. The Hall–Kier alpha value is -1.05. The monoisotopic (exact) mass is 395 g/mol. The molecule has 1 aromatic rings. The minimum absolute atomic E-state index is 0. The number of hydrogen-bond donors (Lipinski definition) is 2. The van der Waals surface area contributed by atoms with Crippen LogP contribution < -0.4 is 15.8 Å². The van der Waals surface area contributed by atoms with Crippen LogP contribution in [0.15, 0.2) is 29.3 Å². The van der Waals surface area contributed by atoms with Crippen LogP contribution in [0.2, 0.25) is 0 Å². The number of benzene rings is 1. The number of nitrogens with zero attached hydrogens (tertiary/aromatic N) is 1. The lowest BCUT2D eigenvalue weighted by Gasteiger charge is -2.08. The lowest BCUT2D eigenvalue weighted by molar-refractivity contribution is 0.320. The Morgan fingerprint density at radius 3 is 2.85 bits per heavy atom. The van der Waals surface area contributed by atoms with Gasteiger partial charge in [-0.15, -0.1) is 24.0 Å². The maximum absolute atomic E-state index is 12.9. The molecule has 114 valence electrons. The van der Waals surface area contributed by atoms with Gasteiger partial charge in [0.05, 0.1) is 6.54 Å². The van der Waals surface area contributed by atoms with Crippen LogP contribution in [0.4, 0.5) is 4.39 Å². The Bertz CT molecular complexity index is 413. The average molecular weight is 395 g/mol. The highest BCUT2D eigenvalue weighted by Crippen LogP contribution is 2.11. The van der Waals surface area contributed by atoms with Crippen molar-refractivity contribution in [2.45, 2.75) is 20.3 Å². The van der Waals surface area contributed by atoms with Gasteiger partial charge in [0.1, 0.15) is 18.2 Å². The van der Waals surface area contributed by atoms with Gasteiger partial charge in [0.2, 0.25) is 0 Å². The Balaban J connectivity index is 0.00000361. The fourth-order valence-electron chi connectivity index (χ4n) is 1.40. The lowest BCUT2D eigenvalue weighted by atomic mass is 10.1. The minimum atomic E-state index is -0.305. The van der Waals surface area contributed by atoms with Gasteiger partial charge in [-0.3, -0.25) is 4.99 Å². The van der Waals surface area contributed by atoms with E-state index in [4.69, 9.17) is 10.5 Å². The number of ether oxygens (including phenoxy) is 1. The van der Waals surface area contributed by atoms with Crippen molar-refractivity contribution in [3.05, 3.63) is 30.1 Å². The van der Waals surface area contributed by atoms with E-state index in [9.17, 15) is 4.39 Å². The van der Waals surface area contributed by atoms with Crippen molar-refractivity contribution in [1.29, 1.82) is 0 Å². The highest BCUT2D eigenvalue weighted by Gasteiger charge is 1.97. The van der Waals surface area contributed by atoms with Crippen LogP contribution in [-0.2, 0) is 0 Å². The van der Waals surface area contributed by atoms with Gasteiger partial charge in [0.25, 0.3) is 0 Å². The third-order valence-electron chi connectivity index (χ3n) is 2.46. The SMILES string of the molecule is CC(C)CCN=C(N)NCCOc1cccc(F)c1.I. The van der Waals surface area contributed by atoms with Gasteiger partial charge in [-0.25, -0.2) is 4.39 Å². The smallest absolute Gasteiger partial charge is 0.188 e. The summed E-state index contributed by atoms with van der Waals surface area (Å²) in [7, 11) is 0. The van der Waals surface area contributed by atoms with Crippen molar-refractivity contribution in [3.8, 4) is 5.75 Å². The fourth-order valence-corrected chi connectivity index (χ4v) is 1.40. The van der Waals surface area contributed by atoms with Crippen LogP contribution in [0.5, 0.6) is 5.75 Å². The summed E-state index contributed by atoms with van der Waals surface area (Å²) < 4.78 is 18.2. The molecule has 0 spiro atoms. The van der Waals surface area contributed by atoms with E-state index in [0.29, 0.717) is 30.8 Å².